The van der Waals surface area contributed by atoms with Gasteiger partial charge in [-0.2, -0.15) is 0 Å². The molecule has 0 radical (unpaired) electrons. The molecule has 1 fully saturated rings. The van der Waals surface area contributed by atoms with Crippen LogP contribution in [0.3, 0.4) is 0 Å². The number of nitro groups is 1. The number of benzene rings is 1. The third-order valence-electron chi connectivity index (χ3n) is 2.97. The van der Waals surface area contributed by atoms with Gasteiger partial charge in [-0.3, -0.25) is 10.1 Å². The monoisotopic (exact) mass is 252 g/mol. The second-order valence-electron chi connectivity index (χ2n) is 4.44. The number of anilines is 1. The SMILES string of the molecule is O=[N+]([O-])c1ccccc1NC1([SiH3])CCCCO1. The van der Waals surface area contributed by atoms with Crippen molar-refractivity contribution in [3.63, 3.8) is 0 Å². The Morgan fingerprint density at radius 3 is 2.82 bits per heavy atom. The summed E-state index contributed by atoms with van der Waals surface area (Å²) in [6.07, 6.45) is 3.10. The molecular formula is C11H16N2O3Si. The van der Waals surface area contributed by atoms with Gasteiger partial charge in [-0.15, -0.1) is 0 Å². The summed E-state index contributed by atoms with van der Waals surface area (Å²) >= 11 is 0. The Morgan fingerprint density at radius 1 is 1.41 bits per heavy atom. The molecule has 1 aromatic rings. The van der Waals surface area contributed by atoms with Gasteiger partial charge in [0.05, 0.1) is 15.2 Å². The smallest absolute Gasteiger partial charge is 0.292 e. The maximum atomic E-state index is 10.9. The van der Waals surface area contributed by atoms with Crippen LogP contribution >= 0.6 is 0 Å². The lowest BCUT2D eigenvalue weighted by Gasteiger charge is -2.35. The summed E-state index contributed by atoms with van der Waals surface area (Å²) in [6, 6.07) is 6.71. The molecule has 1 saturated heterocycles. The topological polar surface area (TPSA) is 64.4 Å². The van der Waals surface area contributed by atoms with Gasteiger partial charge in [-0.1, -0.05) is 12.1 Å². The van der Waals surface area contributed by atoms with Crippen LogP contribution in [0.2, 0.25) is 0 Å². The number of rotatable bonds is 3. The highest BCUT2D eigenvalue weighted by atomic mass is 28.1. The van der Waals surface area contributed by atoms with E-state index in [1.807, 2.05) is 0 Å². The number of ether oxygens (including phenoxy) is 1. The van der Waals surface area contributed by atoms with Crippen molar-refractivity contribution in [2.24, 2.45) is 0 Å². The van der Waals surface area contributed by atoms with Gasteiger partial charge >= 0.3 is 0 Å². The zero-order chi connectivity index (χ0) is 12.3. The summed E-state index contributed by atoms with van der Waals surface area (Å²) in [5, 5.41) is 13.8. The Hall–Kier alpha value is -1.40. The zero-order valence-electron chi connectivity index (χ0n) is 9.81. The summed E-state index contributed by atoms with van der Waals surface area (Å²) in [6.45, 7) is 0.733. The minimum absolute atomic E-state index is 0.108. The molecular weight excluding hydrogens is 236 g/mol. The van der Waals surface area contributed by atoms with Crippen LogP contribution in [0.5, 0.6) is 0 Å². The maximum absolute atomic E-state index is 10.9. The Labute approximate surface area is 103 Å². The third-order valence-corrected chi connectivity index (χ3v) is 4.01. The molecule has 1 aliphatic heterocycles. The van der Waals surface area contributed by atoms with Crippen LogP contribution in [-0.4, -0.2) is 27.1 Å². The van der Waals surface area contributed by atoms with Gasteiger partial charge in [0, 0.05) is 12.7 Å². The summed E-state index contributed by atoms with van der Waals surface area (Å²) in [5.74, 6) is 0. The lowest BCUT2D eigenvalue weighted by atomic mass is 10.1. The molecule has 6 heteroatoms. The fraction of sp³-hybridized carbons (Fsp3) is 0.455. The van der Waals surface area contributed by atoms with Gasteiger partial charge in [-0.05, 0) is 25.3 Å². The number of nitro benzene ring substituents is 1. The van der Waals surface area contributed by atoms with Gasteiger partial charge in [-0.25, -0.2) is 0 Å². The molecule has 0 bridgehead atoms. The Kier molecular flexibility index (Phi) is 3.44. The normalized spacial score (nSPS) is 24.5. The maximum Gasteiger partial charge on any atom is 0.292 e. The second-order valence-corrected chi connectivity index (χ2v) is 6.05. The number of nitrogens with one attached hydrogen (secondary N) is 1. The van der Waals surface area contributed by atoms with Crippen molar-refractivity contribution in [3.05, 3.63) is 34.4 Å². The first-order valence-corrected chi connectivity index (χ1v) is 6.76. The van der Waals surface area contributed by atoms with Gasteiger partial charge in [0.1, 0.15) is 11.0 Å². The van der Waals surface area contributed by atoms with Crippen molar-refractivity contribution < 1.29 is 9.66 Å². The predicted molar refractivity (Wildman–Crippen MR) is 69.2 cm³/mol. The Morgan fingerprint density at radius 2 is 2.18 bits per heavy atom. The summed E-state index contributed by atoms with van der Waals surface area (Å²) in [7, 11) is 0.803. The van der Waals surface area contributed by atoms with E-state index in [2.05, 4.69) is 5.32 Å². The van der Waals surface area contributed by atoms with E-state index in [1.54, 1.807) is 18.2 Å². The Bertz CT molecular complexity index is 419. The minimum atomic E-state index is -0.365. The quantitative estimate of drug-likeness (QED) is 0.499. The van der Waals surface area contributed by atoms with Crippen molar-refractivity contribution in [2.45, 2.75) is 24.6 Å². The van der Waals surface area contributed by atoms with Crippen molar-refractivity contribution in [1.82, 2.24) is 0 Å². The molecule has 92 valence electrons. The van der Waals surface area contributed by atoms with Gasteiger partial charge < -0.3 is 10.1 Å². The highest BCUT2D eigenvalue weighted by Crippen LogP contribution is 2.29. The highest BCUT2D eigenvalue weighted by Gasteiger charge is 2.29. The molecule has 1 heterocycles. The highest BCUT2D eigenvalue weighted by molar-refractivity contribution is 6.16. The molecule has 1 N–H and O–H groups in total. The molecule has 2 rings (SSSR count). The molecule has 1 unspecified atom stereocenters. The van der Waals surface area contributed by atoms with E-state index in [9.17, 15) is 10.1 Å². The molecule has 1 aliphatic rings. The van der Waals surface area contributed by atoms with Crippen molar-refractivity contribution in [1.29, 1.82) is 0 Å². The van der Waals surface area contributed by atoms with Crippen LogP contribution in [0.15, 0.2) is 24.3 Å². The average molecular weight is 252 g/mol. The molecule has 0 saturated carbocycles. The molecule has 0 spiro atoms. The fourth-order valence-electron chi connectivity index (χ4n) is 2.06. The standard InChI is InChI=1S/C11H16N2O3Si/c14-13(15)10-6-2-1-5-9(10)12-11(17)7-3-4-8-16-11/h1-2,5-6,12H,3-4,7-8H2,17H3. The fourth-order valence-corrected chi connectivity index (χ4v) is 2.88. The molecule has 0 amide bonds. The predicted octanol–water partition coefficient (Wildman–Crippen LogP) is 1.23. The molecule has 0 aromatic heterocycles. The van der Waals surface area contributed by atoms with E-state index in [0.717, 1.165) is 36.1 Å². The zero-order valence-corrected chi connectivity index (χ0v) is 11.8. The van der Waals surface area contributed by atoms with E-state index in [-0.39, 0.29) is 16.0 Å². The molecule has 1 atom stereocenters. The first-order valence-electron chi connectivity index (χ1n) is 5.76. The summed E-state index contributed by atoms with van der Waals surface area (Å²) < 4.78 is 5.73. The van der Waals surface area contributed by atoms with Crippen LogP contribution in [0, 0.1) is 10.1 Å². The van der Waals surface area contributed by atoms with E-state index in [4.69, 9.17) is 4.74 Å². The number of para-hydroxylation sites is 2. The lowest BCUT2D eigenvalue weighted by Crippen LogP contribution is -2.44. The average Bonchev–Trinajstić information content (AvgIpc) is 2.29. The molecule has 5 nitrogen and oxygen atoms in total. The van der Waals surface area contributed by atoms with Gasteiger partial charge in [0.2, 0.25) is 0 Å². The largest absolute Gasteiger partial charge is 0.361 e. The van der Waals surface area contributed by atoms with Crippen molar-refractivity contribution in [2.75, 3.05) is 11.9 Å². The minimum Gasteiger partial charge on any atom is -0.361 e. The number of hydrogen-bond donors (Lipinski definition) is 1. The molecule has 17 heavy (non-hydrogen) atoms. The summed E-state index contributed by atoms with van der Waals surface area (Å²) in [4.78, 5) is 10.5. The van der Waals surface area contributed by atoms with Crippen molar-refractivity contribution in [3.8, 4) is 0 Å². The van der Waals surface area contributed by atoms with E-state index >= 15 is 0 Å². The van der Waals surface area contributed by atoms with E-state index in [0.29, 0.717) is 5.69 Å². The van der Waals surface area contributed by atoms with Crippen LogP contribution < -0.4 is 5.32 Å². The van der Waals surface area contributed by atoms with E-state index < -0.39 is 0 Å². The first kappa shape index (κ1) is 12.1. The van der Waals surface area contributed by atoms with Gasteiger partial charge in [0.15, 0.2) is 0 Å². The van der Waals surface area contributed by atoms with Crippen molar-refractivity contribution >= 4 is 21.6 Å². The molecule has 0 aliphatic carbocycles. The first-order chi connectivity index (χ1) is 8.11. The van der Waals surface area contributed by atoms with Crippen LogP contribution in [-0.2, 0) is 4.74 Å². The van der Waals surface area contributed by atoms with Crippen LogP contribution in [0.1, 0.15) is 19.3 Å². The van der Waals surface area contributed by atoms with Gasteiger partial charge in [0.25, 0.3) is 5.69 Å². The van der Waals surface area contributed by atoms with Crippen LogP contribution in [0.25, 0.3) is 0 Å². The van der Waals surface area contributed by atoms with E-state index in [1.165, 1.54) is 6.07 Å². The third kappa shape index (κ3) is 2.83. The lowest BCUT2D eigenvalue weighted by molar-refractivity contribution is -0.384. The number of hydrogen-bond acceptors (Lipinski definition) is 4. The number of nitrogens with zero attached hydrogens (tertiary/aromatic N) is 1. The summed E-state index contributed by atoms with van der Waals surface area (Å²) in [5.41, 5.74) is 0.659. The second kappa shape index (κ2) is 4.85. The van der Waals surface area contributed by atoms with Crippen LogP contribution in [0.4, 0.5) is 11.4 Å². The molecule has 1 aromatic carbocycles. The Balaban J connectivity index is 2.20.